The first kappa shape index (κ1) is 28.8. The molecule has 2 aromatic rings. The van der Waals surface area contributed by atoms with Crippen LogP contribution in [0, 0.1) is 22.7 Å². The SMILES string of the molecule is CC(=O)C1=C(O)[C@]2(O)C(=O)C3=C(O)c4c(O)ccc(CCCc5ccccc5)c4C[C@]3(C)C[C@]2(C)C(C(C)C)C1=O. The normalized spacial score (nSPS) is 29.4. The second kappa shape index (κ2) is 9.69. The van der Waals surface area contributed by atoms with Crippen molar-refractivity contribution in [3.05, 3.63) is 81.6 Å². The molecule has 1 fully saturated rings. The highest BCUT2D eigenvalue weighted by Gasteiger charge is 2.72. The van der Waals surface area contributed by atoms with Gasteiger partial charge in [-0.05, 0) is 67.7 Å². The molecule has 7 nitrogen and oxygen atoms in total. The van der Waals surface area contributed by atoms with Crippen LogP contribution in [0.2, 0.25) is 0 Å². The fourth-order valence-electron chi connectivity index (χ4n) is 8.14. The summed E-state index contributed by atoms with van der Waals surface area (Å²) in [5, 5.41) is 45.9. The van der Waals surface area contributed by atoms with Gasteiger partial charge in [-0.2, -0.15) is 0 Å². The number of phenols is 1. The van der Waals surface area contributed by atoms with Crippen LogP contribution in [0.15, 0.2) is 59.4 Å². The van der Waals surface area contributed by atoms with Gasteiger partial charge in [0, 0.05) is 22.3 Å². The van der Waals surface area contributed by atoms with Crippen LogP contribution in [0.4, 0.5) is 0 Å². The minimum Gasteiger partial charge on any atom is -0.508 e. The van der Waals surface area contributed by atoms with Crippen molar-refractivity contribution < 1.29 is 34.8 Å². The Hall–Kier alpha value is -3.71. The second-order valence-electron chi connectivity index (χ2n) is 12.9. The molecule has 0 radical (unpaired) electrons. The molecule has 4 atom stereocenters. The average Bonchev–Trinajstić information content (AvgIpc) is 2.87. The summed E-state index contributed by atoms with van der Waals surface area (Å²) in [6.45, 7) is 8.16. The van der Waals surface area contributed by atoms with Gasteiger partial charge in [0.05, 0.1) is 5.56 Å². The van der Waals surface area contributed by atoms with Crippen LogP contribution in [0.5, 0.6) is 5.75 Å². The van der Waals surface area contributed by atoms with Crippen molar-refractivity contribution in [1.82, 2.24) is 0 Å². The van der Waals surface area contributed by atoms with E-state index in [0.29, 0.717) is 6.42 Å². The maximum Gasteiger partial charge on any atom is 0.203 e. The minimum atomic E-state index is -2.60. The predicted octanol–water partition coefficient (Wildman–Crippen LogP) is 5.37. The molecule has 3 aliphatic rings. The van der Waals surface area contributed by atoms with E-state index in [0.717, 1.165) is 30.9 Å². The van der Waals surface area contributed by atoms with Crippen LogP contribution in [-0.4, -0.2) is 43.4 Å². The van der Waals surface area contributed by atoms with Crippen LogP contribution in [0.3, 0.4) is 0 Å². The average molecular weight is 559 g/mol. The molecule has 0 bridgehead atoms. The Morgan fingerprint density at radius 2 is 1.66 bits per heavy atom. The molecular formula is C34H38O7. The number of hydrogen-bond donors (Lipinski definition) is 4. The van der Waals surface area contributed by atoms with Crippen molar-refractivity contribution in [2.24, 2.45) is 22.7 Å². The first-order valence-corrected chi connectivity index (χ1v) is 14.3. The van der Waals surface area contributed by atoms with Gasteiger partial charge in [0.25, 0.3) is 0 Å². The number of aromatic hydroxyl groups is 1. The van der Waals surface area contributed by atoms with Crippen LogP contribution in [-0.2, 0) is 33.6 Å². The zero-order chi connectivity index (χ0) is 30.1. The van der Waals surface area contributed by atoms with Gasteiger partial charge in [-0.25, -0.2) is 0 Å². The monoisotopic (exact) mass is 558 g/mol. The fourth-order valence-corrected chi connectivity index (χ4v) is 8.14. The van der Waals surface area contributed by atoms with E-state index in [1.807, 2.05) is 31.2 Å². The summed E-state index contributed by atoms with van der Waals surface area (Å²) in [4.78, 5) is 40.5. The summed E-state index contributed by atoms with van der Waals surface area (Å²) >= 11 is 0. The molecule has 3 aliphatic carbocycles. The molecule has 0 aliphatic heterocycles. The lowest BCUT2D eigenvalue weighted by molar-refractivity contribution is -0.178. The van der Waals surface area contributed by atoms with E-state index in [1.54, 1.807) is 20.8 Å². The standard InChI is InChI=1S/C34H38O7/c1-18(2)26-28(37)24(19(3)35)30(39)34(41)31(40)27-29(38)25-22(16-32(27,4)17-33(26,34)5)21(14-15-23(25)36)13-9-12-20-10-7-6-8-11-20/h6-8,10-11,14-15,18,26,36,38-39,41H,9,12-13,16-17H2,1-5H3/t26?,32-,33-,34+/m1/s1. The highest BCUT2D eigenvalue weighted by Crippen LogP contribution is 2.65. The second-order valence-corrected chi connectivity index (χ2v) is 12.9. The lowest BCUT2D eigenvalue weighted by Crippen LogP contribution is -2.69. The third kappa shape index (κ3) is 4.00. The van der Waals surface area contributed by atoms with E-state index in [1.165, 1.54) is 11.6 Å². The van der Waals surface area contributed by atoms with Gasteiger partial charge in [0.2, 0.25) is 5.78 Å². The van der Waals surface area contributed by atoms with Crippen molar-refractivity contribution in [3.63, 3.8) is 0 Å². The zero-order valence-electron chi connectivity index (χ0n) is 24.2. The number of fused-ring (bicyclic) bond motifs is 3. The van der Waals surface area contributed by atoms with E-state index in [2.05, 4.69) is 12.1 Å². The third-order valence-electron chi connectivity index (χ3n) is 9.74. The summed E-state index contributed by atoms with van der Waals surface area (Å²) in [5.74, 6) is -5.12. The third-order valence-corrected chi connectivity index (χ3v) is 9.74. The van der Waals surface area contributed by atoms with E-state index in [9.17, 15) is 34.8 Å². The van der Waals surface area contributed by atoms with E-state index in [4.69, 9.17) is 0 Å². The van der Waals surface area contributed by atoms with Gasteiger partial charge >= 0.3 is 0 Å². The lowest BCUT2D eigenvalue weighted by atomic mass is 9.43. The first-order chi connectivity index (χ1) is 19.2. The Morgan fingerprint density at radius 1 is 1.00 bits per heavy atom. The number of phenolic OH excluding ortho intramolecular Hbond substituents is 1. The number of ketones is 3. The molecule has 0 heterocycles. The predicted molar refractivity (Wildman–Crippen MR) is 154 cm³/mol. The molecule has 0 saturated heterocycles. The summed E-state index contributed by atoms with van der Waals surface area (Å²) in [6.07, 6.45) is 2.75. The number of carbonyl (C=O) groups is 3. The highest BCUT2D eigenvalue weighted by molar-refractivity contribution is 6.24. The molecule has 0 aromatic heterocycles. The van der Waals surface area contributed by atoms with E-state index < -0.39 is 56.8 Å². The Balaban J connectivity index is 1.66. The Kier molecular flexibility index (Phi) is 6.81. The van der Waals surface area contributed by atoms with Gasteiger partial charge in [-0.15, -0.1) is 0 Å². The Bertz CT molecular complexity index is 1530. The van der Waals surface area contributed by atoms with Gasteiger partial charge in [-0.1, -0.05) is 64.1 Å². The highest BCUT2D eigenvalue weighted by atomic mass is 16.3. The summed E-state index contributed by atoms with van der Waals surface area (Å²) in [7, 11) is 0. The number of rotatable bonds is 6. The Labute approximate surface area is 240 Å². The summed E-state index contributed by atoms with van der Waals surface area (Å²) in [5.41, 5.74) is -2.71. The van der Waals surface area contributed by atoms with Crippen LogP contribution in [0.25, 0.3) is 5.76 Å². The maximum atomic E-state index is 14.4. The van der Waals surface area contributed by atoms with Gasteiger partial charge < -0.3 is 20.4 Å². The zero-order valence-corrected chi connectivity index (χ0v) is 24.2. The number of aliphatic hydroxyl groups excluding tert-OH is 2. The Morgan fingerprint density at radius 3 is 2.27 bits per heavy atom. The number of hydrogen-bond acceptors (Lipinski definition) is 7. The van der Waals surface area contributed by atoms with Crippen LogP contribution < -0.4 is 0 Å². The number of Topliss-reactive ketones (excluding diaryl/α,β-unsaturated/α-hetero) is 3. The first-order valence-electron chi connectivity index (χ1n) is 14.3. The summed E-state index contributed by atoms with van der Waals surface area (Å²) in [6, 6.07) is 13.5. The van der Waals surface area contributed by atoms with Crippen molar-refractivity contribution >= 4 is 23.1 Å². The van der Waals surface area contributed by atoms with Crippen LogP contribution in [0.1, 0.15) is 69.7 Å². The molecule has 2 aromatic carbocycles. The number of aliphatic hydroxyl groups is 3. The summed E-state index contributed by atoms with van der Waals surface area (Å²) < 4.78 is 0. The number of aryl methyl sites for hydroxylation is 2. The molecule has 7 heteroatoms. The molecule has 0 spiro atoms. The van der Waals surface area contributed by atoms with Crippen LogP contribution >= 0.6 is 0 Å². The topological polar surface area (TPSA) is 132 Å². The quantitative estimate of drug-likeness (QED) is 0.351. The van der Waals surface area contributed by atoms with Crippen molar-refractivity contribution in [2.45, 2.75) is 72.3 Å². The number of benzene rings is 2. The number of allylic oxidation sites excluding steroid dienone is 1. The molecule has 5 rings (SSSR count). The van der Waals surface area contributed by atoms with Gasteiger partial charge in [-0.3, -0.25) is 14.4 Å². The van der Waals surface area contributed by atoms with Gasteiger partial charge in [0.15, 0.2) is 17.2 Å². The molecule has 1 unspecified atom stereocenters. The molecule has 0 amide bonds. The van der Waals surface area contributed by atoms with Gasteiger partial charge in [0.1, 0.15) is 22.8 Å². The van der Waals surface area contributed by atoms with Crippen molar-refractivity contribution in [3.8, 4) is 5.75 Å². The fraction of sp³-hybridized carbons (Fsp3) is 0.441. The minimum absolute atomic E-state index is 0.0873. The largest absolute Gasteiger partial charge is 0.508 e. The molecule has 4 N–H and O–H groups in total. The van der Waals surface area contributed by atoms with Crippen molar-refractivity contribution in [2.75, 3.05) is 0 Å². The molecule has 1 saturated carbocycles. The van der Waals surface area contributed by atoms with Crippen molar-refractivity contribution in [1.29, 1.82) is 0 Å². The number of carbonyl (C=O) groups excluding carboxylic acids is 3. The maximum absolute atomic E-state index is 14.4. The lowest BCUT2D eigenvalue weighted by Gasteiger charge is -2.59. The molecular weight excluding hydrogens is 520 g/mol. The molecule has 216 valence electrons. The van der Waals surface area contributed by atoms with E-state index in [-0.39, 0.29) is 35.6 Å². The molecule has 41 heavy (non-hydrogen) atoms. The smallest absolute Gasteiger partial charge is 0.203 e. The van der Waals surface area contributed by atoms with E-state index >= 15 is 0 Å².